The summed E-state index contributed by atoms with van der Waals surface area (Å²) in [5, 5.41) is 11.5. The number of urea groups is 1. The number of amides is 2. The monoisotopic (exact) mass is 280 g/mol. The van der Waals surface area contributed by atoms with Crippen molar-refractivity contribution in [2.75, 3.05) is 18.4 Å². The number of likely N-dealkylation sites (tertiary alicyclic amines) is 1. The molecule has 1 aliphatic rings. The van der Waals surface area contributed by atoms with Crippen LogP contribution in [0.3, 0.4) is 0 Å². The van der Waals surface area contributed by atoms with Crippen LogP contribution in [0.2, 0.25) is 0 Å². The number of aromatic amines is 1. The third-order valence-electron chi connectivity index (χ3n) is 3.09. The molecule has 2 aromatic heterocycles. The van der Waals surface area contributed by atoms with Crippen molar-refractivity contribution in [2.24, 2.45) is 7.05 Å². The number of rotatable bonds is 2. The molecule has 0 aromatic carbocycles. The van der Waals surface area contributed by atoms with E-state index in [2.05, 4.69) is 20.5 Å². The Balaban J connectivity index is 1.59. The molecule has 0 bridgehead atoms. The molecule has 0 spiro atoms. The first-order valence-corrected chi connectivity index (χ1v) is 6.60. The quantitative estimate of drug-likeness (QED) is 0.821. The number of nitrogens with one attached hydrogen (secondary N) is 2. The van der Waals surface area contributed by atoms with Crippen LogP contribution in [0.1, 0.15) is 11.7 Å². The second kappa shape index (κ2) is 4.50. The molecule has 9 heteroatoms. The van der Waals surface area contributed by atoms with Gasteiger partial charge in [-0.05, 0) is 0 Å². The lowest BCUT2D eigenvalue weighted by Crippen LogP contribution is -2.51. The normalized spacial score (nSPS) is 15.3. The van der Waals surface area contributed by atoms with Gasteiger partial charge in [0.25, 0.3) is 0 Å². The van der Waals surface area contributed by atoms with Gasteiger partial charge < -0.3 is 4.90 Å². The Bertz CT molecular complexity index is 639. The maximum atomic E-state index is 11.8. The Labute approximate surface area is 112 Å². The number of anilines is 1. The summed E-state index contributed by atoms with van der Waals surface area (Å²) in [6.07, 6.45) is 1.64. The van der Waals surface area contributed by atoms with E-state index in [-0.39, 0.29) is 17.6 Å². The number of H-pyrrole nitrogens is 1. The lowest BCUT2D eigenvalue weighted by Gasteiger charge is -2.37. The van der Waals surface area contributed by atoms with Crippen LogP contribution in [0, 0.1) is 0 Å². The molecule has 2 amide bonds. The molecular weight excluding hydrogens is 268 g/mol. The zero-order chi connectivity index (χ0) is 13.4. The van der Waals surface area contributed by atoms with Gasteiger partial charge in [0.05, 0.1) is 5.92 Å². The highest BCUT2D eigenvalue weighted by Gasteiger charge is 2.35. The highest BCUT2D eigenvalue weighted by atomic mass is 32.1. The topological polar surface area (TPSA) is 95.9 Å². The molecule has 19 heavy (non-hydrogen) atoms. The maximum Gasteiger partial charge on any atom is 0.343 e. The van der Waals surface area contributed by atoms with Gasteiger partial charge in [0, 0.05) is 31.7 Å². The molecule has 0 aliphatic carbocycles. The molecule has 2 N–H and O–H groups in total. The van der Waals surface area contributed by atoms with Gasteiger partial charge in [-0.25, -0.2) is 19.7 Å². The van der Waals surface area contributed by atoms with Crippen LogP contribution in [0.15, 0.2) is 16.4 Å². The molecule has 8 nitrogen and oxygen atoms in total. The molecule has 0 unspecified atom stereocenters. The van der Waals surface area contributed by atoms with Gasteiger partial charge in [-0.3, -0.25) is 9.88 Å². The summed E-state index contributed by atoms with van der Waals surface area (Å²) in [6, 6.07) is -0.174. The highest BCUT2D eigenvalue weighted by Crippen LogP contribution is 2.25. The Hall–Kier alpha value is -2.16. The van der Waals surface area contributed by atoms with Crippen LogP contribution in [0.5, 0.6) is 0 Å². The van der Waals surface area contributed by atoms with Gasteiger partial charge in [0.2, 0.25) is 0 Å². The number of carbonyl (C=O) groups is 1. The summed E-state index contributed by atoms with van der Waals surface area (Å²) in [5.41, 5.74) is -0.235. The largest absolute Gasteiger partial charge is 0.343 e. The highest BCUT2D eigenvalue weighted by molar-refractivity contribution is 7.13. The van der Waals surface area contributed by atoms with Crippen LogP contribution in [0.25, 0.3) is 0 Å². The average molecular weight is 280 g/mol. The number of carbonyl (C=O) groups excluding carboxylic acids is 1. The molecule has 2 aromatic rings. The minimum Gasteiger partial charge on any atom is -0.323 e. The summed E-state index contributed by atoms with van der Waals surface area (Å²) in [6.45, 7) is 1.10. The van der Waals surface area contributed by atoms with Crippen LogP contribution in [0.4, 0.5) is 9.93 Å². The second-order valence-electron chi connectivity index (χ2n) is 4.32. The fraction of sp³-hybridized carbons (Fsp3) is 0.400. The Kier molecular flexibility index (Phi) is 2.82. The van der Waals surface area contributed by atoms with E-state index >= 15 is 0 Å². The molecule has 1 aliphatic heterocycles. The van der Waals surface area contributed by atoms with Gasteiger partial charge in [-0.15, -0.1) is 11.3 Å². The molecule has 100 valence electrons. The van der Waals surface area contributed by atoms with E-state index in [0.29, 0.717) is 24.0 Å². The fourth-order valence-electron chi connectivity index (χ4n) is 1.99. The molecule has 0 radical (unpaired) electrons. The first kappa shape index (κ1) is 11.9. The zero-order valence-electron chi connectivity index (χ0n) is 10.2. The van der Waals surface area contributed by atoms with Crippen molar-refractivity contribution in [1.82, 2.24) is 24.6 Å². The van der Waals surface area contributed by atoms with Gasteiger partial charge in [-0.2, -0.15) is 5.10 Å². The third-order valence-corrected chi connectivity index (χ3v) is 3.78. The number of hydrogen-bond acceptors (Lipinski definition) is 5. The van der Waals surface area contributed by atoms with Gasteiger partial charge in [-0.1, -0.05) is 0 Å². The van der Waals surface area contributed by atoms with Crippen molar-refractivity contribution < 1.29 is 4.79 Å². The maximum absolute atomic E-state index is 11.8. The molecule has 0 atom stereocenters. The smallest absolute Gasteiger partial charge is 0.323 e. The van der Waals surface area contributed by atoms with E-state index in [1.54, 1.807) is 23.5 Å². The first-order valence-electron chi connectivity index (χ1n) is 5.72. The van der Waals surface area contributed by atoms with Crippen molar-refractivity contribution in [3.8, 4) is 0 Å². The summed E-state index contributed by atoms with van der Waals surface area (Å²) in [5.74, 6) is 0.786. The van der Waals surface area contributed by atoms with E-state index in [1.165, 1.54) is 15.9 Å². The van der Waals surface area contributed by atoms with Crippen molar-refractivity contribution in [2.45, 2.75) is 5.92 Å². The number of aromatic nitrogens is 4. The summed E-state index contributed by atoms with van der Waals surface area (Å²) in [7, 11) is 1.67. The Morgan fingerprint density at radius 2 is 2.37 bits per heavy atom. The standard InChI is InChI=1S/C10H12N6O2S/c1-15-7(13-14-10(15)18)6-4-16(5-6)9(17)12-8-11-2-3-19-8/h2-3,6H,4-5H2,1H3,(H,14,18)(H,11,12,17). The van der Waals surface area contributed by atoms with E-state index < -0.39 is 0 Å². The SMILES string of the molecule is Cn1c(C2CN(C(=O)Nc3nccs3)C2)n[nH]c1=O. The lowest BCUT2D eigenvalue weighted by molar-refractivity contribution is 0.159. The average Bonchev–Trinajstić information content (AvgIpc) is 2.92. The van der Waals surface area contributed by atoms with Gasteiger partial charge in [0.15, 0.2) is 5.13 Å². The number of nitrogens with zero attached hydrogens (tertiary/aromatic N) is 4. The molecule has 0 saturated carbocycles. The number of thiazole rings is 1. The van der Waals surface area contributed by atoms with Crippen LogP contribution in [-0.4, -0.2) is 43.8 Å². The summed E-state index contributed by atoms with van der Waals surface area (Å²) >= 11 is 1.37. The molecule has 3 heterocycles. The third kappa shape index (κ3) is 2.12. The minimum absolute atomic E-state index is 0.103. The van der Waals surface area contributed by atoms with Crippen molar-refractivity contribution in [3.63, 3.8) is 0 Å². The van der Waals surface area contributed by atoms with Crippen molar-refractivity contribution in [1.29, 1.82) is 0 Å². The lowest BCUT2D eigenvalue weighted by atomic mass is 10.00. The van der Waals surface area contributed by atoms with Gasteiger partial charge in [0.1, 0.15) is 5.82 Å². The zero-order valence-corrected chi connectivity index (χ0v) is 11.0. The predicted molar refractivity (Wildman–Crippen MR) is 69.3 cm³/mol. The number of hydrogen-bond donors (Lipinski definition) is 2. The van der Waals surface area contributed by atoms with Crippen molar-refractivity contribution in [3.05, 3.63) is 27.9 Å². The summed E-state index contributed by atoms with van der Waals surface area (Å²) in [4.78, 5) is 28.7. The van der Waals surface area contributed by atoms with Gasteiger partial charge >= 0.3 is 11.7 Å². The summed E-state index contributed by atoms with van der Waals surface area (Å²) < 4.78 is 1.47. The molecule has 1 saturated heterocycles. The minimum atomic E-state index is -0.235. The molecule has 1 fully saturated rings. The van der Waals surface area contributed by atoms with E-state index in [0.717, 1.165) is 0 Å². The predicted octanol–water partition coefficient (Wildman–Crippen LogP) is 0.196. The van der Waals surface area contributed by atoms with E-state index in [4.69, 9.17) is 0 Å². The molecular formula is C10H12N6O2S. The molecule has 3 rings (SSSR count). The van der Waals surface area contributed by atoms with E-state index in [9.17, 15) is 9.59 Å². The van der Waals surface area contributed by atoms with Crippen LogP contribution >= 0.6 is 11.3 Å². The first-order chi connectivity index (χ1) is 9.15. The fourth-order valence-corrected chi connectivity index (χ4v) is 2.51. The Morgan fingerprint density at radius 1 is 1.58 bits per heavy atom. The second-order valence-corrected chi connectivity index (χ2v) is 5.21. The Morgan fingerprint density at radius 3 is 2.95 bits per heavy atom. The van der Waals surface area contributed by atoms with E-state index in [1.807, 2.05) is 0 Å². The van der Waals surface area contributed by atoms with Crippen LogP contribution < -0.4 is 11.0 Å². The van der Waals surface area contributed by atoms with Crippen molar-refractivity contribution >= 4 is 22.5 Å². The van der Waals surface area contributed by atoms with Crippen LogP contribution in [-0.2, 0) is 7.05 Å².